The van der Waals surface area contributed by atoms with E-state index in [9.17, 15) is 5.11 Å². The Morgan fingerprint density at radius 2 is 1.75 bits per heavy atom. The third-order valence-electron chi connectivity index (χ3n) is 3.17. The first-order valence-electron chi connectivity index (χ1n) is 7.13. The lowest BCUT2D eigenvalue weighted by molar-refractivity contribution is 0.0943. The summed E-state index contributed by atoms with van der Waals surface area (Å²) in [5, 5.41) is 15.8. The molecular weight excluding hydrogens is 256 g/mol. The highest BCUT2D eigenvalue weighted by atomic mass is 16.3. The van der Waals surface area contributed by atoms with E-state index in [1.807, 2.05) is 0 Å². The van der Waals surface area contributed by atoms with Gasteiger partial charge in [-0.3, -0.25) is 0 Å². The molecule has 0 radical (unpaired) electrons. The zero-order valence-corrected chi connectivity index (χ0v) is 12.5. The van der Waals surface area contributed by atoms with Crippen LogP contribution in [0.4, 0.5) is 17.8 Å². The second-order valence-corrected chi connectivity index (χ2v) is 5.75. The number of anilines is 3. The van der Waals surface area contributed by atoms with E-state index < -0.39 is 5.60 Å². The fourth-order valence-electron chi connectivity index (χ4n) is 2.09. The second-order valence-electron chi connectivity index (χ2n) is 5.75. The Labute approximate surface area is 119 Å². The number of aromatic nitrogens is 3. The first kappa shape index (κ1) is 14.8. The summed E-state index contributed by atoms with van der Waals surface area (Å²) in [6.07, 6.45) is 3.62. The standard InChI is InChI=1S/C13H24N6O/c1-13(2,20)9-15-11-16-10(14-3)17-12(18-11)19-7-5-4-6-8-19/h20H,4-9H2,1-3H3,(H2,14,15,16,17,18). The summed E-state index contributed by atoms with van der Waals surface area (Å²) in [5.41, 5.74) is -0.808. The zero-order valence-electron chi connectivity index (χ0n) is 12.5. The van der Waals surface area contributed by atoms with Gasteiger partial charge in [-0.15, -0.1) is 0 Å². The Bertz CT molecular complexity index is 439. The van der Waals surface area contributed by atoms with Gasteiger partial charge in [-0.05, 0) is 33.1 Å². The molecular formula is C13H24N6O. The van der Waals surface area contributed by atoms with Crippen molar-refractivity contribution in [2.24, 2.45) is 0 Å². The van der Waals surface area contributed by atoms with Crippen molar-refractivity contribution < 1.29 is 5.11 Å². The van der Waals surface area contributed by atoms with Gasteiger partial charge in [0, 0.05) is 26.7 Å². The minimum absolute atomic E-state index is 0.388. The van der Waals surface area contributed by atoms with Gasteiger partial charge in [0.15, 0.2) is 0 Å². The lowest BCUT2D eigenvalue weighted by Crippen LogP contribution is -2.33. The smallest absolute Gasteiger partial charge is 0.231 e. The molecule has 0 saturated carbocycles. The SMILES string of the molecule is CNc1nc(NCC(C)(C)O)nc(N2CCCCC2)n1. The minimum atomic E-state index is -0.808. The molecule has 1 aromatic rings. The number of nitrogens with zero attached hydrogens (tertiary/aromatic N) is 4. The van der Waals surface area contributed by atoms with E-state index in [1.165, 1.54) is 19.3 Å². The van der Waals surface area contributed by atoms with Crippen LogP contribution < -0.4 is 15.5 Å². The molecule has 0 spiro atoms. The Morgan fingerprint density at radius 1 is 1.10 bits per heavy atom. The second kappa shape index (κ2) is 6.21. The highest BCUT2D eigenvalue weighted by molar-refractivity contribution is 5.43. The van der Waals surface area contributed by atoms with Gasteiger partial charge >= 0.3 is 0 Å². The van der Waals surface area contributed by atoms with E-state index >= 15 is 0 Å². The van der Waals surface area contributed by atoms with E-state index in [0.717, 1.165) is 13.1 Å². The van der Waals surface area contributed by atoms with Gasteiger partial charge in [0.25, 0.3) is 0 Å². The van der Waals surface area contributed by atoms with Gasteiger partial charge < -0.3 is 20.6 Å². The predicted octanol–water partition coefficient (Wildman–Crippen LogP) is 1.09. The van der Waals surface area contributed by atoms with E-state index in [1.54, 1.807) is 20.9 Å². The first-order valence-corrected chi connectivity index (χ1v) is 7.13. The highest BCUT2D eigenvalue weighted by Gasteiger charge is 2.17. The van der Waals surface area contributed by atoms with E-state index in [-0.39, 0.29) is 0 Å². The van der Waals surface area contributed by atoms with Crippen molar-refractivity contribution in [2.45, 2.75) is 38.7 Å². The van der Waals surface area contributed by atoms with Gasteiger partial charge in [-0.2, -0.15) is 15.0 Å². The molecule has 0 bridgehead atoms. The molecule has 3 N–H and O–H groups in total. The van der Waals surface area contributed by atoms with Crippen LogP contribution in [0.2, 0.25) is 0 Å². The third-order valence-corrected chi connectivity index (χ3v) is 3.17. The van der Waals surface area contributed by atoms with Gasteiger partial charge in [0.2, 0.25) is 17.8 Å². The average molecular weight is 280 g/mol. The van der Waals surface area contributed by atoms with Crippen LogP contribution in [0.25, 0.3) is 0 Å². The third kappa shape index (κ3) is 4.19. The number of piperidine rings is 1. The maximum absolute atomic E-state index is 9.76. The summed E-state index contributed by atoms with van der Waals surface area (Å²) >= 11 is 0. The summed E-state index contributed by atoms with van der Waals surface area (Å²) in [6.45, 7) is 5.84. The minimum Gasteiger partial charge on any atom is -0.389 e. The summed E-state index contributed by atoms with van der Waals surface area (Å²) < 4.78 is 0. The van der Waals surface area contributed by atoms with Gasteiger partial charge in [-0.1, -0.05) is 0 Å². The molecule has 1 saturated heterocycles. The van der Waals surface area contributed by atoms with Crippen LogP contribution in [0.5, 0.6) is 0 Å². The lowest BCUT2D eigenvalue weighted by atomic mass is 10.1. The number of hydrogen-bond donors (Lipinski definition) is 3. The normalized spacial score (nSPS) is 16.1. The molecule has 7 heteroatoms. The molecule has 1 aromatic heterocycles. The van der Waals surface area contributed by atoms with Crippen molar-refractivity contribution >= 4 is 17.8 Å². The molecule has 2 rings (SSSR count). The summed E-state index contributed by atoms with van der Waals surface area (Å²) in [6, 6.07) is 0. The largest absolute Gasteiger partial charge is 0.389 e. The summed E-state index contributed by atoms with van der Waals surface area (Å²) in [4.78, 5) is 15.3. The highest BCUT2D eigenvalue weighted by Crippen LogP contribution is 2.18. The van der Waals surface area contributed by atoms with E-state index in [0.29, 0.717) is 24.4 Å². The molecule has 1 aliphatic heterocycles. The molecule has 0 unspecified atom stereocenters. The fourth-order valence-corrected chi connectivity index (χ4v) is 2.09. The Hall–Kier alpha value is -1.63. The molecule has 7 nitrogen and oxygen atoms in total. The van der Waals surface area contributed by atoms with Crippen molar-refractivity contribution in [3.05, 3.63) is 0 Å². The molecule has 20 heavy (non-hydrogen) atoms. The quantitative estimate of drug-likeness (QED) is 0.744. The predicted molar refractivity (Wildman–Crippen MR) is 80.2 cm³/mol. The number of nitrogens with one attached hydrogen (secondary N) is 2. The zero-order chi connectivity index (χ0) is 14.6. The summed E-state index contributed by atoms with van der Waals surface area (Å²) in [5.74, 6) is 1.73. The lowest BCUT2D eigenvalue weighted by Gasteiger charge is -2.27. The number of hydrogen-bond acceptors (Lipinski definition) is 7. The topological polar surface area (TPSA) is 86.2 Å². The van der Waals surface area contributed by atoms with E-state index in [4.69, 9.17) is 0 Å². The van der Waals surface area contributed by atoms with Crippen LogP contribution in [0.15, 0.2) is 0 Å². The molecule has 0 amide bonds. The van der Waals surface area contributed by atoms with Crippen LogP contribution in [-0.2, 0) is 0 Å². The molecule has 1 aliphatic rings. The Balaban J connectivity index is 2.15. The molecule has 0 aromatic carbocycles. The van der Waals surface area contributed by atoms with Crippen molar-refractivity contribution in [2.75, 3.05) is 42.2 Å². The van der Waals surface area contributed by atoms with Gasteiger partial charge in [0.05, 0.1) is 5.60 Å². The first-order chi connectivity index (χ1) is 9.48. The number of aliphatic hydroxyl groups is 1. The van der Waals surface area contributed by atoms with Crippen LogP contribution in [0.1, 0.15) is 33.1 Å². The molecule has 1 fully saturated rings. The average Bonchev–Trinajstić information content (AvgIpc) is 2.45. The van der Waals surface area contributed by atoms with Crippen LogP contribution >= 0.6 is 0 Å². The fraction of sp³-hybridized carbons (Fsp3) is 0.769. The van der Waals surface area contributed by atoms with Crippen molar-refractivity contribution in [3.8, 4) is 0 Å². The van der Waals surface area contributed by atoms with Crippen LogP contribution in [-0.4, -0.2) is 52.3 Å². The molecule has 0 atom stereocenters. The molecule has 0 aliphatic carbocycles. The van der Waals surface area contributed by atoms with Crippen molar-refractivity contribution in [1.29, 1.82) is 0 Å². The van der Waals surface area contributed by atoms with Crippen molar-refractivity contribution in [1.82, 2.24) is 15.0 Å². The maximum Gasteiger partial charge on any atom is 0.231 e. The maximum atomic E-state index is 9.76. The van der Waals surface area contributed by atoms with Crippen LogP contribution in [0, 0.1) is 0 Å². The monoisotopic (exact) mass is 280 g/mol. The number of rotatable bonds is 5. The molecule has 2 heterocycles. The van der Waals surface area contributed by atoms with E-state index in [2.05, 4.69) is 30.5 Å². The molecule has 112 valence electrons. The van der Waals surface area contributed by atoms with Crippen molar-refractivity contribution in [3.63, 3.8) is 0 Å². The van der Waals surface area contributed by atoms with Gasteiger partial charge in [-0.25, -0.2) is 0 Å². The van der Waals surface area contributed by atoms with Crippen LogP contribution in [0.3, 0.4) is 0 Å². The Morgan fingerprint density at radius 3 is 2.35 bits per heavy atom. The van der Waals surface area contributed by atoms with Gasteiger partial charge in [0.1, 0.15) is 0 Å². The Kier molecular flexibility index (Phi) is 4.59. The summed E-state index contributed by atoms with van der Waals surface area (Å²) in [7, 11) is 1.79.